The minimum atomic E-state index is 0.753. The topological polar surface area (TPSA) is 15.3 Å². The van der Waals surface area contributed by atoms with Gasteiger partial charge < -0.3 is 5.32 Å². The Morgan fingerprint density at radius 1 is 1.00 bits per heavy atom. The lowest BCUT2D eigenvalue weighted by Crippen LogP contribution is -2.50. The first kappa shape index (κ1) is 16.3. The van der Waals surface area contributed by atoms with E-state index in [1.54, 1.807) is 0 Å². The monoisotopic (exact) mass is 280 g/mol. The quantitative estimate of drug-likeness (QED) is 0.793. The van der Waals surface area contributed by atoms with Crippen molar-refractivity contribution in [1.29, 1.82) is 0 Å². The summed E-state index contributed by atoms with van der Waals surface area (Å²) >= 11 is 0. The van der Waals surface area contributed by atoms with Crippen molar-refractivity contribution in [2.45, 2.75) is 78.3 Å². The average molecular weight is 280 g/mol. The van der Waals surface area contributed by atoms with Gasteiger partial charge in [-0.05, 0) is 50.0 Å². The highest BCUT2D eigenvalue weighted by Gasteiger charge is 2.33. The highest BCUT2D eigenvalue weighted by atomic mass is 15.2. The maximum absolute atomic E-state index is 3.70. The molecule has 1 saturated carbocycles. The molecule has 2 fully saturated rings. The molecule has 118 valence electrons. The van der Waals surface area contributed by atoms with Gasteiger partial charge >= 0.3 is 0 Å². The van der Waals surface area contributed by atoms with Crippen LogP contribution >= 0.6 is 0 Å². The Balaban J connectivity index is 2.02. The van der Waals surface area contributed by atoms with E-state index in [9.17, 15) is 0 Å². The molecule has 3 unspecified atom stereocenters. The zero-order chi connectivity index (χ0) is 14.5. The molecule has 1 saturated heterocycles. The van der Waals surface area contributed by atoms with E-state index in [4.69, 9.17) is 0 Å². The van der Waals surface area contributed by atoms with Crippen molar-refractivity contribution >= 4 is 0 Å². The Kier molecular flexibility index (Phi) is 6.35. The lowest BCUT2D eigenvalue weighted by atomic mass is 9.76. The van der Waals surface area contributed by atoms with E-state index in [0.717, 1.165) is 29.8 Å². The molecular formula is C18H36N2. The second-order valence-electron chi connectivity index (χ2n) is 7.90. The van der Waals surface area contributed by atoms with Crippen LogP contribution in [0.1, 0.15) is 66.2 Å². The fourth-order valence-corrected chi connectivity index (χ4v) is 4.38. The van der Waals surface area contributed by atoms with E-state index in [1.807, 2.05) is 0 Å². The fourth-order valence-electron chi connectivity index (χ4n) is 4.38. The molecule has 0 spiro atoms. The first-order chi connectivity index (χ1) is 9.58. The van der Waals surface area contributed by atoms with Gasteiger partial charge in [-0.3, -0.25) is 4.90 Å². The summed E-state index contributed by atoms with van der Waals surface area (Å²) in [5, 5.41) is 3.70. The number of hydrogen-bond donors (Lipinski definition) is 1. The first-order valence-electron chi connectivity index (χ1n) is 9.05. The van der Waals surface area contributed by atoms with Gasteiger partial charge in [0.25, 0.3) is 0 Å². The molecule has 0 radical (unpaired) electrons. The molecule has 2 heteroatoms. The Labute approximate surface area is 126 Å². The summed E-state index contributed by atoms with van der Waals surface area (Å²) in [7, 11) is 0. The van der Waals surface area contributed by atoms with E-state index in [1.165, 1.54) is 58.2 Å². The van der Waals surface area contributed by atoms with Crippen LogP contribution in [-0.4, -0.2) is 36.6 Å². The van der Waals surface area contributed by atoms with E-state index >= 15 is 0 Å². The Bertz CT molecular complexity index is 269. The molecule has 2 rings (SSSR count). The number of hydrogen-bond acceptors (Lipinski definition) is 2. The second-order valence-corrected chi connectivity index (χ2v) is 7.90. The summed E-state index contributed by atoms with van der Waals surface area (Å²) in [6.07, 6.45) is 8.54. The summed E-state index contributed by atoms with van der Waals surface area (Å²) in [5.74, 6) is 2.54. The normalized spacial score (nSPS) is 31.6. The van der Waals surface area contributed by atoms with E-state index < -0.39 is 0 Å². The molecule has 2 aliphatic rings. The fraction of sp³-hybridized carbons (Fsp3) is 1.00. The van der Waals surface area contributed by atoms with Crippen molar-refractivity contribution < 1.29 is 0 Å². The molecule has 1 aliphatic heterocycles. The summed E-state index contributed by atoms with van der Waals surface area (Å²) in [5.41, 5.74) is 0. The zero-order valence-electron chi connectivity index (χ0n) is 14.2. The standard InChI is InChI=1S/C18H36N2/c1-14(2)12-20(13-16-8-7-11-19-16)18-10-6-5-9-17(18)15(3)4/h14-19H,5-13H2,1-4H3. The average Bonchev–Trinajstić information content (AvgIpc) is 2.90. The van der Waals surface area contributed by atoms with Gasteiger partial charge in [-0.25, -0.2) is 0 Å². The van der Waals surface area contributed by atoms with E-state index in [2.05, 4.69) is 37.9 Å². The third-order valence-corrected chi connectivity index (χ3v) is 5.32. The maximum Gasteiger partial charge on any atom is 0.0195 e. The SMILES string of the molecule is CC(C)CN(CC1CCCN1)C1CCCCC1C(C)C. The van der Waals surface area contributed by atoms with Crippen LogP contribution in [0.15, 0.2) is 0 Å². The van der Waals surface area contributed by atoms with Crippen LogP contribution in [0.3, 0.4) is 0 Å². The summed E-state index contributed by atoms with van der Waals surface area (Å²) in [4.78, 5) is 2.86. The molecule has 0 aromatic carbocycles. The highest BCUT2D eigenvalue weighted by molar-refractivity contribution is 4.88. The second kappa shape index (κ2) is 7.79. The van der Waals surface area contributed by atoms with Crippen LogP contribution in [-0.2, 0) is 0 Å². The van der Waals surface area contributed by atoms with Crippen molar-refractivity contribution in [1.82, 2.24) is 10.2 Å². The molecule has 0 amide bonds. The third-order valence-electron chi connectivity index (χ3n) is 5.32. The van der Waals surface area contributed by atoms with Gasteiger partial charge in [-0.1, -0.05) is 40.5 Å². The van der Waals surface area contributed by atoms with Crippen molar-refractivity contribution in [3.8, 4) is 0 Å². The molecule has 2 nitrogen and oxygen atoms in total. The van der Waals surface area contributed by atoms with Crippen molar-refractivity contribution in [2.24, 2.45) is 17.8 Å². The highest BCUT2D eigenvalue weighted by Crippen LogP contribution is 2.34. The van der Waals surface area contributed by atoms with Crippen LogP contribution in [0.25, 0.3) is 0 Å². The lowest BCUT2D eigenvalue weighted by Gasteiger charge is -2.43. The Morgan fingerprint density at radius 2 is 1.75 bits per heavy atom. The Hall–Kier alpha value is -0.0800. The van der Waals surface area contributed by atoms with Crippen LogP contribution in [0, 0.1) is 17.8 Å². The molecule has 0 bridgehead atoms. The van der Waals surface area contributed by atoms with Crippen LogP contribution in [0.5, 0.6) is 0 Å². The molecule has 0 aromatic rings. The number of rotatable bonds is 6. The minimum absolute atomic E-state index is 0.753. The van der Waals surface area contributed by atoms with Crippen LogP contribution in [0.4, 0.5) is 0 Å². The molecule has 20 heavy (non-hydrogen) atoms. The summed E-state index contributed by atoms with van der Waals surface area (Å²) in [6, 6.07) is 1.59. The summed E-state index contributed by atoms with van der Waals surface area (Å²) in [6.45, 7) is 13.4. The number of nitrogens with one attached hydrogen (secondary N) is 1. The van der Waals surface area contributed by atoms with Crippen LogP contribution in [0.2, 0.25) is 0 Å². The molecule has 3 atom stereocenters. The van der Waals surface area contributed by atoms with Crippen molar-refractivity contribution in [2.75, 3.05) is 19.6 Å². The van der Waals surface area contributed by atoms with Gasteiger partial charge in [0.05, 0.1) is 0 Å². The molecular weight excluding hydrogens is 244 g/mol. The van der Waals surface area contributed by atoms with Gasteiger partial charge in [0, 0.05) is 25.2 Å². The smallest absolute Gasteiger partial charge is 0.0195 e. The van der Waals surface area contributed by atoms with Gasteiger partial charge in [-0.15, -0.1) is 0 Å². The lowest BCUT2D eigenvalue weighted by molar-refractivity contribution is 0.0626. The third kappa shape index (κ3) is 4.46. The maximum atomic E-state index is 3.70. The number of nitrogens with zero attached hydrogens (tertiary/aromatic N) is 1. The predicted molar refractivity (Wildman–Crippen MR) is 88.0 cm³/mol. The van der Waals surface area contributed by atoms with Crippen molar-refractivity contribution in [3.63, 3.8) is 0 Å². The summed E-state index contributed by atoms with van der Waals surface area (Å²) < 4.78 is 0. The molecule has 1 aliphatic carbocycles. The van der Waals surface area contributed by atoms with Gasteiger partial charge in [0.15, 0.2) is 0 Å². The van der Waals surface area contributed by atoms with Crippen LogP contribution < -0.4 is 5.32 Å². The van der Waals surface area contributed by atoms with Gasteiger partial charge in [0.2, 0.25) is 0 Å². The molecule has 1 heterocycles. The molecule has 1 N–H and O–H groups in total. The van der Waals surface area contributed by atoms with Crippen molar-refractivity contribution in [3.05, 3.63) is 0 Å². The predicted octanol–water partition coefficient (Wildman–Crippen LogP) is 3.91. The van der Waals surface area contributed by atoms with Gasteiger partial charge in [0.1, 0.15) is 0 Å². The largest absolute Gasteiger partial charge is 0.313 e. The molecule has 0 aromatic heterocycles. The Morgan fingerprint density at radius 3 is 2.35 bits per heavy atom. The van der Waals surface area contributed by atoms with Gasteiger partial charge in [-0.2, -0.15) is 0 Å². The first-order valence-corrected chi connectivity index (χ1v) is 9.05. The van der Waals surface area contributed by atoms with E-state index in [0.29, 0.717) is 0 Å². The zero-order valence-corrected chi connectivity index (χ0v) is 14.2. The van der Waals surface area contributed by atoms with E-state index in [-0.39, 0.29) is 0 Å². The minimum Gasteiger partial charge on any atom is -0.313 e.